The van der Waals surface area contributed by atoms with Crippen LogP contribution in [0.4, 0.5) is 14.6 Å². The molecule has 0 spiro atoms. The van der Waals surface area contributed by atoms with Gasteiger partial charge in [-0.15, -0.1) is 0 Å². The Hall–Kier alpha value is -3.23. The van der Waals surface area contributed by atoms with Crippen LogP contribution in [0.5, 0.6) is 5.75 Å². The molecule has 2 rings (SSSR count). The Balaban J connectivity index is 1.78. The highest BCUT2D eigenvalue weighted by Gasteiger charge is 2.10. The molecule has 1 heterocycles. The lowest BCUT2D eigenvalue weighted by atomic mass is 10.2. The van der Waals surface area contributed by atoms with E-state index in [1.807, 2.05) is 19.1 Å². The van der Waals surface area contributed by atoms with Crippen molar-refractivity contribution in [3.8, 4) is 5.75 Å². The Morgan fingerprint density at radius 1 is 1.18 bits per heavy atom. The maximum Gasteiger partial charge on any atom is 0.387 e. The van der Waals surface area contributed by atoms with Gasteiger partial charge in [-0.2, -0.15) is 8.78 Å². The number of aryl methyl sites for hydroxylation is 1. The summed E-state index contributed by atoms with van der Waals surface area (Å²) in [5, 5.41) is 8.72. The number of halogens is 2. The van der Waals surface area contributed by atoms with Crippen molar-refractivity contribution in [2.75, 3.05) is 18.9 Å². The third kappa shape index (κ3) is 7.18. The summed E-state index contributed by atoms with van der Waals surface area (Å²) in [5.74, 6) is 0.860. The van der Waals surface area contributed by atoms with Crippen molar-refractivity contribution < 1.29 is 18.3 Å². The molecule has 0 saturated carbocycles. The predicted molar refractivity (Wildman–Crippen MR) is 103 cm³/mol. The van der Waals surface area contributed by atoms with E-state index in [0.717, 1.165) is 5.69 Å². The number of alkyl halides is 2. The predicted octanol–water partition coefficient (Wildman–Crippen LogP) is 2.69. The lowest BCUT2D eigenvalue weighted by molar-refractivity contribution is -0.116. The van der Waals surface area contributed by atoms with Gasteiger partial charge in [0.1, 0.15) is 11.6 Å². The van der Waals surface area contributed by atoms with Crippen LogP contribution in [-0.2, 0) is 11.3 Å². The first kappa shape index (κ1) is 21.1. The van der Waals surface area contributed by atoms with Crippen LogP contribution in [0.3, 0.4) is 0 Å². The van der Waals surface area contributed by atoms with Crippen molar-refractivity contribution in [3.05, 3.63) is 53.7 Å². The molecule has 1 amide bonds. The summed E-state index contributed by atoms with van der Waals surface area (Å²) in [6.45, 7) is -0.466. The number of amides is 1. The molecule has 9 heteroatoms. The first-order valence-electron chi connectivity index (χ1n) is 8.68. The number of pyridine rings is 1. The van der Waals surface area contributed by atoms with Gasteiger partial charge in [0.25, 0.3) is 0 Å². The summed E-state index contributed by atoms with van der Waals surface area (Å²) >= 11 is 0. The number of aliphatic imine (C=N–C) groups is 1. The number of ether oxygens (including phenoxy) is 1. The van der Waals surface area contributed by atoms with Crippen LogP contribution in [-0.4, -0.2) is 37.1 Å². The van der Waals surface area contributed by atoms with E-state index in [9.17, 15) is 13.6 Å². The van der Waals surface area contributed by atoms with E-state index in [1.165, 1.54) is 6.07 Å². The number of para-hydroxylation sites is 1. The standard InChI is InChI=1S/C19H23F2N5O2/c1-13-6-5-9-16(25-13)26-17(27)10-11-23-19(22-2)24-12-14-7-3-4-8-15(14)28-18(20)21/h3-9,18H,10-12H2,1-2H3,(H2,22,23,24)(H,25,26,27). The fourth-order valence-corrected chi connectivity index (χ4v) is 2.37. The molecule has 3 N–H and O–H groups in total. The minimum absolute atomic E-state index is 0.102. The van der Waals surface area contributed by atoms with E-state index >= 15 is 0 Å². The molecule has 0 saturated heterocycles. The Morgan fingerprint density at radius 2 is 1.96 bits per heavy atom. The Bertz CT molecular complexity index is 814. The van der Waals surface area contributed by atoms with Gasteiger partial charge in [-0.1, -0.05) is 24.3 Å². The van der Waals surface area contributed by atoms with Gasteiger partial charge in [0.15, 0.2) is 5.96 Å². The van der Waals surface area contributed by atoms with Crippen molar-refractivity contribution in [2.45, 2.75) is 26.5 Å². The molecule has 0 aliphatic rings. The average Bonchev–Trinajstić information content (AvgIpc) is 2.65. The Labute approximate surface area is 162 Å². The fraction of sp³-hybridized carbons (Fsp3) is 0.316. The van der Waals surface area contributed by atoms with Crippen LogP contribution in [0.1, 0.15) is 17.7 Å². The fourth-order valence-electron chi connectivity index (χ4n) is 2.37. The quantitative estimate of drug-likeness (QED) is 0.476. The van der Waals surface area contributed by atoms with E-state index in [-0.39, 0.29) is 24.6 Å². The molecular formula is C19H23F2N5O2. The van der Waals surface area contributed by atoms with E-state index in [4.69, 9.17) is 0 Å². The van der Waals surface area contributed by atoms with Gasteiger partial charge in [-0.25, -0.2) is 4.98 Å². The van der Waals surface area contributed by atoms with Crippen LogP contribution in [0.2, 0.25) is 0 Å². The number of hydrogen-bond donors (Lipinski definition) is 3. The summed E-state index contributed by atoms with van der Waals surface area (Å²) in [6, 6.07) is 11.9. The van der Waals surface area contributed by atoms with Crippen molar-refractivity contribution in [1.29, 1.82) is 0 Å². The second-order valence-corrected chi connectivity index (χ2v) is 5.80. The summed E-state index contributed by atoms with van der Waals surface area (Å²) in [5.41, 5.74) is 1.38. The number of nitrogens with zero attached hydrogens (tertiary/aromatic N) is 2. The highest BCUT2D eigenvalue weighted by atomic mass is 19.3. The molecule has 0 unspecified atom stereocenters. The topological polar surface area (TPSA) is 87.6 Å². The van der Waals surface area contributed by atoms with Crippen molar-refractivity contribution >= 4 is 17.7 Å². The van der Waals surface area contributed by atoms with Crippen LogP contribution in [0.25, 0.3) is 0 Å². The molecule has 0 aliphatic carbocycles. The molecule has 0 radical (unpaired) electrons. The molecule has 150 valence electrons. The minimum atomic E-state index is -2.89. The van der Waals surface area contributed by atoms with Crippen LogP contribution < -0.4 is 20.7 Å². The van der Waals surface area contributed by atoms with Crippen molar-refractivity contribution in [2.24, 2.45) is 4.99 Å². The molecule has 7 nitrogen and oxygen atoms in total. The molecule has 0 atom stereocenters. The molecule has 28 heavy (non-hydrogen) atoms. The SMILES string of the molecule is CN=C(NCCC(=O)Nc1cccc(C)n1)NCc1ccccc1OC(F)F. The highest BCUT2D eigenvalue weighted by Crippen LogP contribution is 2.19. The lowest BCUT2D eigenvalue weighted by Gasteiger charge is -2.14. The molecule has 0 fully saturated rings. The maximum absolute atomic E-state index is 12.5. The molecule has 1 aromatic heterocycles. The molecule has 1 aromatic carbocycles. The Kier molecular flexibility index (Phi) is 8.13. The van der Waals surface area contributed by atoms with Gasteiger partial charge >= 0.3 is 6.61 Å². The molecule has 2 aromatic rings. The monoisotopic (exact) mass is 391 g/mol. The lowest BCUT2D eigenvalue weighted by Crippen LogP contribution is -2.38. The normalized spacial score (nSPS) is 11.2. The summed E-state index contributed by atoms with van der Waals surface area (Å²) < 4.78 is 29.4. The summed E-state index contributed by atoms with van der Waals surface area (Å²) in [7, 11) is 1.58. The number of nitrogens with one attached hydrogen (secondary N) is 3. The van der Waals surface area contributed by atoms with Crippen LogP contribution >= 0.6 is 0 Å². The number of rotatable bonds is 8. The summed E-state index contributed by atoms with van der Waals surface area (Å²) in [4.78, 5) is 20.2. The largest absolute Gasteiger partial charge is 0.434 e. The zero-order valence-electron chi connectivity index (χ0n) is 15.7. The minimum Gasteiger partial charge on any atom is -0.434 e. The first-order valence-corrected chi connectivity index (χ1v) is 8.68. The highest BCUT2D eigenvalue weighted by molar-refractivity contribution is 5.90. The molecular weight excluding hydrogens is 368 g/mol. The number of guanidine groups is 1. The van der Waals surface area contributed by atoms with E-state index in [1.54, 1.807) is 31.3 Å². The third-order valence-electron chi connectivity index (χ3n) is 3.66. The van der Waals surface area contributed by atoms with Gasteiger partial charge in [-0.3, -0.25) is 9.79 Å². The van der Waals surface area contributed by atoms with Gasteiger partial charge in [-0.05, 0) is 25.1 Å². The first-order chi connectivity index (χ1) is 13.5. The average molecular weight is 391 g/mol. The third-order valence-corrected chi connectivity index (χ3v) is 3.66. The molecule has 0 aliphatic heterocycles. The number of carbonyl (C=O) groups is 1. The van der Waals surface area contributed by atoms with Crippen LogP contribution in [0, 0.1) is 6.92 Å². The van der Waals surface area contributed by atoms with Crippen molar-refractivity contribution in [3.63, 3.8) is 0 Å². The maximum atomic E-state index is 12.5. The van der Waals surface area contributed by atoms with Gasteiger partial charge in [0.2, 0.25) is 5.91 Å². The van der Waals surface area contributed by atoms with Crippen molar-refractivity contribution in [1.82, 2.24) is 15.6 Å². The second kappa shape index (κ2) is 10.8. The molecule has 0 bridgehead atoms. The summed E-state index contributed by atoms with van der Waals surface area (Å²) in [6.07, 6.45) is 0.210. The number of benzene rings is 1. The number of hydrogen-bond acceptors (Lipinski definition) is 4. The van der Waals surface area contributed by atoms with Gasteiger partial charge in [0, 0.05) is 37.8 Å². The number of anilines is 1. The number of aromatic nitrogens is 1. The smallest absolute Gasteiger partial charge is 0.387 e. The zero-order chi connectivity index (χ0) is 20.4. The Morgan fingerprint density at radius 3 is 2.68 bits per heavy atom. The zero-order valence-corrected chi connectivity index (χ0v) is 15.7. The number of carbonyl (C=O) groups excluding carboxylic acids is 1. The second-order valence-electron chi connectivity index (χ2n) is 5.80. The van der Waals surface area contributed by atoms with E-state index in [2.05, 4.69) is 30.7 Å². The van der Waals surface area contributed by atoms with Crippen LogP contribution in [0.15, 0.2) is 47.5 Å². The van der Waals surface area contributed by atoms with E-state index in [0.29, 0.717) is 23.9 Å². The van der Waals surface area contributed by atoms with Gasteiger partial charge in [0.05, 0.1) is 0 Å². The van der Waals surface area contributed by atoms with Gasteiger partial charge < -0.3 is 20.7 Å². The van der Waals surface area contributed by atoms with E-state index < -0.39 is 6.61 Å².